The second-order valence-electron chi connectivity index (χ2n) is 8.88. The lowest BCUT2D eigenvalue weighted by atomic mass is 10.0. The lowest BCUT2D eigenvalue weighted by Crippen LogP contribution is -2.51. The Balaban J connectivity index is 1.62. The van der Waals surface area contributed by atoms with Crippen molar-refractivity contribution < 1.29 is 14.3 Å². The minimum atomic E-state index is -0.826. The summed E-state index contributed by atoms with van der Waals surface area (Å²) in [5.74, 6) is -0.278. The Morgan fingerprint density at radius 1 is 0.744 bits per heavy atom. The molecule has 0 fully saturated rings. The Hall–Kier alpha value is -3.51. The van der Waals surface area contributed by atoms with Gasteiger partial charge in [-0.05, 0) is 47.0 Å². The van der Waals surface area contributed by atoms with Crippen LogP contribution in [0.3, 0.4) is 0 Å². The standard InChI is InChI=1S/C31H27Cl3N2O3/c32-25-16-14-23(15-17-25)20-36(30(37)21-39-29-13-7-6-12-27(29)34)28(18-22-8-2-1-3-9-22)31(38)35-19-24-10-4-5-11-26(24)33/h1-17,28H,18-21H2,(H,35,38)/t28-/m1/s1. The van der Waals surface area contributed by atoms with Crippen LogP contribution in [-0.4, -0.2) is 29.4 Å². The van der Waals surface area contributed by atoms with E-state index in [-0.39, 0.29) is 31.5 Å². The third kappa shape index (κ3) is 8.24. The van der Waals surface area contributed by atoms with E-state index in [1.54, 1.807) is 42.5 Å². The number of hydrogen-bond acceptors (Lipinski definition) is 3. The van der Waals surface area contributed by atoms with E-state index < -0.39 is 6.04 Å². The molecule has 39 heavy (non-hydrogen) atoms. The van der Waals surface area contributed by atoms with Gasteiger partial charge in [0.15, 0.2) is 6.61 Å². The second kappa shape index (κ2) is 14.0. The molecule has 1 atom stereocenters. The predicted molar refractivity (Wildman–Crippen MR) is 156 cm³/mol. The van der Waals surface area contributed by atoms with Gasteiger partial charge in [0.05, 0.1) is 5.02 Å². The maximum atomic E-state index is 13.7. The van der Waals surface area contributed by atoms with E-state index in [2.05, 4.69) is 5.32 Å². The van der Waals surface area contributed by atoms with Crippen LogP contribution in [0.15, 0.2) is 103 Å². The van der Waals surface area contributed by atoms with Crippen LogP contribution in [0.2, 0.25) is 15.1 Å². The number of carbonyl (C=O) groups excluding carboxylic acids is 2. The fourth-order valence-corrected chi connectivity index (χ4v) is 4.59. The van der Waals surface area contributed by atoms with Crippen LogP contribution in [-0.2, 0) is 29.1 Å². The van der Waals surface area contributed by atoms with Crippen LogP contribution in [0.4, 0.5) is 0 Å². The molecular formula is C31H27Cl3N2O3. The number of carbonyl (C=O) groups is 2. The first-order chi connectivity index (χ1) is 18.9. The molecule has 2 amide bonds. The third-order valence-electron chi connectivity index (χ3n) is 6.14. The summed E-state index contributed by atoms with van der Waals surface area (Å²) in [7, 11) is 0. The van der Waals surface area contributed by atoms with Crippen molar-refractivity contribution in [3.63, 3.8) is 0 Å². The van der Waals surface area contributed by atoms with Gasteiger partial charge in [0, 0.05) is 29.6 Å². The number of benzene rings is 4. The van der Waals surface area contributed by atoms with Crippen molar-refractivity contribution >= 4 is 46.6 Å². The quantitative estimate of drug-likeness (QED) is 0.208. The van der Waals surface area contributed by atoms with Crippen molar-refractivity contribution in [2.45, 2.75) is 25.6 Å². The second-order valence-corrected chi connectivity index (χ2v) is 10.1. The monoisotopic (exact) mass is 580 g/mol. The van der Waals surface area contributed by atoms with Gasteiger partial charge in [-0.2, -0.15) is 0 Å². The fourth-order valence-electron chi connectivity index (χ4n) is 4.07. The molecule has 0 aliphatic rings. The molecule has 0 bridgehead atoms. The van der Waals surface area contributed by atoms with Gasteiger partial charge in [-0.1, -0.05) is 108 Å². The molecule has 5 nitrogen and oxygen atoms in total. The smallest absolute Gasteiger partial charge is 0.261 e. The van der Waals surface area contributed by atoms with E-state index in [9.17, 15) is 9.59 Å². The van der Waals surface area contributed by atoms with E-state index in [4.69, 9.17) is 39.5 Å². The lowest BCUT2D eigenvalue weighted by Gasteiger charge is -2.31. The van der Waals surface area contributed by atoms with Gasteiger partial charge < -0.3 is 15.0 Å². The Kier molecular flexibility index (Phi) is 10.3. The normalized spacial score (nSPS) is 11.5. The summed E-state index contributed by atoms with van der Waals surface area (Å²) >= 11 is 18.6. The summed E-state index contributed by atoms with van der Waals surface area (Å²) in [6.45, 7) is 0.113. The van der Waals surface area contributed by atoms with Gasteiger partial charge in [0.25, 0.3) is 5.91 Å². The van der Waals surface area contributed by atoms with Crippen LogP contribution < -0.4 is 10.1 Å². The maximum Gasteiger partial charge on any atom is 0.261 e. The molecule has 8 heteroatoms. The van der Waals surface area contributed by atoms with Gasteiger partial charge in [0.1, 0.15) is 11.8 Å². The van der Waals surface area contributed by atoms with E-state index in [1.165, 1.54) is 4.90 Å². The molecule has 0 aliphatic heterocycles. The van der Waals surface area contributed by atoms with Crippen molar-refractivity contribution in [3.05, 3.63) is 135 Å². The van der Waals surface area contributed by atoms with Crippen molar-refractivity contribution in [2.75, 3.05) is 6.61 Å². The Labute approximate surface area is 243 Å². The van der Waals surface area contributed by atoms with Crippen molar-refractivity contribution in [2.24, 2.45) is 0 Å². The first kappa shape index (κ1) is 28.5. The SMILES string of the molecule is O=C(NCc1ccccc1Cl)[C@@H](Cc1ccccc1)N(Cc1ccc(Cl)cc1)C(=O)COc1ccccc1Cl. The highest BCUT2D eigenvalue weighted by Gasteiger charge is 2.31. The van der Waals surface area contributed by atoms with Crippen LogP contribution in [0.25, 0.3) is 0 Å². The molecule has 1 N–H and O–H groups in total. The Bertz CT molecular complexity index is 1400. The van der Waals surface area contributed by atoms with E-state index in [0.717, 1.165) is 16.7 Å². The zero-order valence-corrected chi connectivity index (χ0v) is 23.3. The zero-order valence-electron chi connectivity index (χ0n) is 21.0. The van der Waals surface area contributed by atoms with Crippen molar-refractivity contribution in [1.82, 2.24) is 10.2 Å². The number of rotatable bonds is 11. The largest absolute Gasteiger partial charge is 0.482 e. The highest BCUT2D eigenvalue weighted by molar-refractivity contribution is 6.32. The average Bonchev–Trinajstić information content (AvgIpc) is 2.95. The van der Waals surface area contributed by atoms with Gasteiger partial charge in [-0.25, -0.2) is 0 Å². The number of ether oxygens (including phenoxy) is 1. The Morgan fingerprint density at radius 3 is 2.08 bits per heavy atom. The summed E-state index contributed by atoms with van der Waals surface area (Å²) in [5, 5.41) is 4.50. The first-order valence-corrected chi connectivity index (χ1v) is 13.5. The van der Waals surface area contributed by atoms with E-state index in [1.807, 2.05) is 60.7 Å². The van der Waals surface area contributed by atoms with Gasteiger partial charge in [0.2, 0.25) is 5.91 Å². The molecule has 0 radical (unpaired) electrons. The van der Waals surface area contributed by atoms with E-state index >= 15 is 0 Å². The van der Waals surface area contributed by atoms with Crippen LogP contribution in [0.1, 0.15) is 16.7 Å². The number of para-hydroxylation sites is 1. The molecule has 0 aliphatic carbocycles. The molecule has 0 unspecified atom stereocenters. The van der Waals surface area contributed by atoms with Crippen molar-refractivity contribution in [3.8, 4) is 5.75 Å². The summed E-state index contributed by atoms with van der Waals surface area (Å²) in [5.41, 5.74) is 2.52. The third-order valence-corrected chi connectivity index (χ3v) is 7.07. The number of amides is 2. The number of hydrogen-bond donors (Lipinski definition) is 1. The topological polar surface area (TPSA) is 58.6 Å². The number of nitrogens with one attached hydrogen (secondary N) is 1. The molecule has 200 valence electrons. The highest BCUT2D eigenvalue weighted by atomic mass is 35.5. The molecule has 4 aromatic rings. The number of halogens is 3. The van der Waals surface area contributed by atoms with Gasteiger partial charge in [-0.3, -0.25) is 9.59 Å². The van der Waals surface area contributed by atoms with Crippen LogP contribution in [0, 0.1) is 0 Å². The van der Waals surface area contributed by atoms with E-state index in [0.29, 0.717) is 27.2 Å². The molecule has 0 heterocycles. The molecule has 4 rings (SSSR count). The average molecular weight is 582 g/mol. The minimum Gasteiger partial charge on any atom is -0.482 e. The molecule has 4 aromatic carbocycles. The number of nitrogens with zero attached hydrogens (tertiary/aromatic N) is 1. The van der Waals surface area contributed by atoms with Gasteiger partial charge in [-0.15, -0.1) is 0 Å². The van der Waals surface area contributed by atoms with Crippen LogP contribution in [0.5, 0.6) is 5.75 Å². The maximum absolute atomic E-state index is 13.7. The lowest BCUT2D eigenvalue weighted by molar-refractivity contribution is -0.142. The minimum absolute atomic E-state index is 0.179. The fraction of sp³-hybridized carbons (Fsp3) is 0.161. The molecular weight excluding hydrogens is 555 g/mol. The van der Waals surface area contributed by atoms with Crippen LogP contribution >= 0.6 is 34.8 Å². The predicted octanol–water partition coefficient (Wildman–Crippen LogP) is 6.98. The van der Waals surface area contributed by atoms with Crippen molar-refractivity contribution in [1.29, 1.82) is 0 Å². The summed E-state index contributed by atoms with van der Waals surface area (Å²) in [6.07, 6.45) is 0.306. The molecule has 0 saturated carbocycles. The summed E-state index contributed by atoms with van der Waals surface area (Å²) in [6, 6.07) is 30.2. The van der Waals surface area contributed by atoms with Gasteiger partial charge >= 0.3 is 0 Å². The molecule has 0 saturated heterocycles. The zero-order chi connectivity index (χ0) is 27.6. The summed E-state index contributed by atoms with van der Waals surface area (Å²) < 4.78 is 5.77. The Morgan fingerprint density at radius 2 is 1.38 bits per heavy atom. The molecule has 0 aromatic heterocycles. The summed E-state index contributed by atoms with van der Waals surface area (Å²) in [4.78, 5) is 29.0. The highest BCUT2D eigenvalue weighted by Crippen LogP contribution is 2.24. The molecule has 0 spiro atoms. The first-order valence-electron chi connectivity index (χ1n) is 12.4.